The summed E-state index contributed by atoms with van der Waals surface area (Å²) in [4.78, 5) is 0. The van der Waals surface area contributed by atoms with Crippen LogP contribution in [0.5, 0.6) is 0 Å². The van der Waals surface area contributed by atoms with Gasteiger partial charge >= 0.3 is 0 Å². The summed E-state index contributed by atoms with van der Waals surface area (Å²) in [5.74, 6) is 0.489. The average molecular weight is 437 g/mol. The fraction of sp³-hybridized carbons (Fsp3) is 0.333. The van der Waals surface area contributed by atoms with Gasteiger partial charge in [0.15, 0.2) is 0 Å². The van der Waals surface area contributed by atoms with Crippen LogP contribution in [-0.2, 0) is 4.52 Å². The van der Waals surface area contributed by atoms with Gasteiger partial charge in [-0.05, 0) is 11.5 Å². The SMILES string of the molecule is CC(C)[C@@H](SC(C)(C)C)C(OP(c1ccccc1)c1ccccc1)c1ccccc1. The Morgan fingerprint density at radius 3 is 1.53 bits per heavy atom. The van der Waals surface area contributed by atoms with Gasteiger partial charge in [0.25, 0.3) is 0 Å². The van der Waals surface area contributed by atoms with E-state index in [2.05, 4.69) is 126 Å². The standard InChI is InChI=1S/C27H33OPS/c1-21(2)26(30-27(3,4)5)25(22-15-9-6-10-16-22)28-29(23-17-11-7-12-18-23)24-19-13-8-14-20-24/h6-21,25-26H,1-5H3/t25?,26-/m1/s1. The van der Waals surface area contributed by atoms with E-state index in [4.69, 9.17) is 4.52 Å². The minimum absolute atomic E-state index is 0.0157. The largest absolute Gasteiger partial charge is 0.341 e. The van der Waals surface area contributed by atoms with E-state index in [1.807, 2.05) is 11.8 Å². The second-order valence-corrected chi connectivity index (χ2v) is 12.7. The van der Waals surface area contributed by atoms with Gasteiger partial charge in [0.1, 0.15) is 0 Å². The lowest BCUT2D eigenvalue weighted by Crippen LogP contribution is -2.29. The Kier molecular flexibility index (Phi) is 8.17. The monoisotopic (exact) mass is 436 g/mol. The third kappa shape index (κ3) is 6.45. The van der Waals surface area contributed by atoms with E-state index in [1.165, 1.54) is 16.2 Å². The minimum Gasteiger partial charge on any atom is -0.341 e. The maximum Gasteiger partial charge on any atom is 0.0997 e. The number of thioether (sulfide) groups is 1. The molecule has 0 heterocycles. The summed E-state index contributed by atoms with van der Waals surface area (Å²) < 4.78 is 7.28. The van der Waals surface area contributed by atoms with E-state index in [9.17, 15) is 0 Å². The van der Waals surface area contributed by atoms with Crippen LogP contribution in [0.3, 0.4) is 0 Å². The van der Waals surface area contributed by atoms with Gasteiger partial charge in [-0.3, -0.25) is 0 Å². The van der Waals surface area contributed by atoms with Crippen molar-refractivity contribution in [2.45, 2.75) is 50.7 Å². The maximum absolute atomic E-state index is 7.12. The highest BCUT2D eigenvalue weighted by Gasteiger charge is 2.34. The molecule has 30 heavy (non-hydrogen) atoms. The molecule has 2 atom stereocenters. The molecule has 0 radical (unpaired) electrons. The van der Waals surface area contributed by atoms with Gasteiger partial charge < -0.3 is 4.52 Å². The highest BCUT2D eigenvalue weighted by Crippen LogP contribution is 2.48. The van der Waals surface area contributed by atoms with Crippen LogP contribution in [0, 0.1) is 5.92 Å². The van der Waals surface area contributed by atoms with Crippen molar-refractivity contribution in [2.75, 3.05) is 0 Å². The summed E-state index contributed by atoms with van der Waals surface area (Å²) >= 11 is 2.03. The molecular formula is C27H33OPS. The summed E-state index contributed by atoms with van der Waals surface area (Å²) in [5, 5.41) is 2.86. The molecule has 0 saturated heterocycles. The number of benzene rings is 3. The summed E-state index contributed by atoms with van der Waals surface area (Å²) in [6, 6.07) is 32.1. The van der Waals surface area contributed by atoms with Crippen molar-refractivity contribution < 1.29 is 4.52 Å². The molecule has 1 unspecified atom stereocenters. The summed E-state index contributed by atoms with van der Waals surface area (Å²) in [6.45, 7) is 11.5. The highest BCUT2D eigenvalue weighted by molar-refractivity contribution is 8.01. The zero-order valence-electron chi connectivity index (χ0n) is 18.7. The molecule has 0 spiro atoms. The molecule has 3 heteroatoms. The summed E-state index contributed by atoms with van der Waals surface area (Å²) in [7, 11) is -0.926. The second kappa shape index (κ2) is 10.6. The van der Waals surface area contributed by atoms with Gasteiger partial charge in [0, 0.05) is 20.6 Å². The van der Waals surface area contributed by atoms with Gasteiger partial charge in [-0.15, -0.1) is 11.8 Å². The Balaban J connectivity index is 2.05. The van der Waals surface area contributed by atoms with Crippen LogP contribution in [0.15, 0.2) is 91.0 Å². The Morgan fingerprint density at radius 1 is 0.700 bits per heavy atom. The van der Waals surface area contributed by atoms with Crippen LogP contribution in [0.1, 0.15) is 46.3 Å². The third-order valence-electron chi connectivity index (χ3n) is 4.77. The second-order valence-electron chi connectivity index (χ2n) is 8.84. The van der Waals surface area contributed by atoms with Gasteiger partial charge in [-0.25, -0.2) is 0 Å². The maximum atomic E-state index is 7.12. The zero-order chi connectivity index (χ0) is 21.6. The average Bonchev–Trinajstić information content (AvgIpc) is 2.74. The number of hydrogen-bond acceptors (Lipinski definition) is 2. The number of rotatable bonds is 8. The smallest absolute Gasteiger partial charge is 0.0997 e. The van der Waals surface area contributed by atoms with E-state index < -0.39 is 8.15 Å². The van der Waals surface area contributed by atoms with Crippen LogP contribution in [0.4, 0.5) is 0 Å². The fourth-order valence-electron chi connectivity index (χ4n) is 3.42. The zero-order valence-corrected chi connectivity index (χ0v) is 20.4. The first-order valence-corrected chi connectivity index (χ1v) is 12.8. The predicted molar refractivity (Wildman–Crippen MR) is 135 cm³/mol. The van der Waals surface area contributed by atoms with Crippen LogP contribution in [0.2, 0.25) is 0 Å². The van der Waals surface area contributed by atoms with Crippen molar-refractivity contribution in [2.24, 2.45) is 5.92 Å². The quantitative estimate of drug-likeness (QED) is 0.341. The Morgan fingerprint density at radius 2 is 1.13 bits per heavy atom. The first-order valence-electron chi connectivity index (χ1n) is 10.6. The van der Waals surface area contributed by atoms with Crippen molar-refractivity contribution >= 4 is 30.5 Å². The molecule has 0 aliphatic rings. The molecule has 3 aromatic rings. The molecule has 0 aromatic heterocycles. The molecule has 3 aromatic carbocycles. The molecule has 0 amide bonds. The van der Waals surface area contributed by atoms with Gasteiger partial charge in [-0.2, -0.15) is 0 Å². The lowest BCUT2D eigenvalue weighted by Gasteiger charge is -2.37. The number of hydrogen-bond donors (Lipinski definition) is 0. The molecule has 158 valence electrons. The first kappa shape index (κ1) is 23.1. The Hall–Kier alpha value is -1.60. The van der Waals surface area contributed by atoms with Crippen LogP contribution >= 0.6 is 19.9 Å². The molecule has 0 aliphatic heterocycles. The van der Waals surface area contributed by atoms with Crippen LogP contribution < -0.4 is 10.6 Å². The van der Waals surface area contributed by atoms with Crippen LogP contribution in [-0.4, -0.2) is 10.00 Å². The Bertz CT molecular complexity index is 836. The highest BCUT2D eigenvalue weighted by atomic mass is 32.2. The molecule has 3 rings (SSSR count). The molecule has 0 N–H and O–H groups in total. The van der Waals surface area contributed by atoms with Gasteiger partial charge in [0.2, 0.25) is 0 Å². The van der Waals surface area contributed by atoms with Crippen molar-refractivity contribution in [3.05, 3.63) is 96.6 Å². The van der Waals surface area contributed by atoms with Crippen molar-refractivity contribution in [1.29, 1.82) is 0 Å². The van der Waals surface area contributed by atoms with E-state index in [-0.39, 0.29) is 10.9 Å². The molecular weight excluding hydrogens is 403 g/mol. The van der Waals surface area contributed by atoms with Gasteiger partial charge in [-0.1, -0.05) is 126 Å². The van der Waals surface area contributed by atoms with E-state index in [0.717, 1.165) is 0 Å². The third-order valence-corrected chi connectivity index (χ3v) is 8.52. The van der Waals surface area contributed by atoms with E-state index in [0.29, 0.717) is 11.2 Å². The fourth-order valence-corrected chi connectivity index (χ4v) is 6.83. The lowest BCUT2D eigenvalue weighted by molar-refractivity contribution is 0.211. The minimum atomic E-state index is -0.926. The lowest BCUT2D eigenvalue weighted by atomic mass is 9.99. The first-order chi connectivity index (χ1) is 14.3. The molecule has 0 saturated carbocycles. The summed E-state index contributed by atoms with van der Waals surface area (Å²) in [5.41, 5.74) is 1.26. The summed E-state index contributed by atoms with van der Waals surface area (Å²) in [6.07, 6.45) is 0.0157. The Labute approximate surface area is 188 Å². The van der Waals surface area contributed by atoms with Crippen LogP contribution in [0.25, 0.3) is 0 Å². The predicted octanol–water partition coefficient (Wildman–Crippen LogP) is 7.35. The normalized spacial score (nSPS) is 14.1. The topological polar surface area (TPSA) is 9.23 Å². The molecule has 0 aliphatic carbocycles. The molecule has 0 bridgehead atoms. The van der Waals surface area contributed by atoms with Crippen molar-refractivity contribution in [3.8, 4) is 0 Å². The molecule has 1 nitrogen and oxygen atoms in total. The van der Waals surface area contributed by atoms with Crippen molar-refractivity contribution in [3.63, 3.8) is 0 Å². The molecule has 0 fully saturated rings. The van der Waals surface area contributed by atoms with E-state index in [1.54, 1.807) is 0 Å². The van der Waals surface area contributed by atoms with E-state index >= 15 is 0 Å². The van der Waals surface area contributed by atoms with Crippen molar-refractivity contribution in [1.82, 2.24) is 0 Å². The van der Waals surface area contributed by atoms with Gasteiger partial charge in [0.05, 0.1) is 14.3 Å².